The molecule has 0 atom stereocenters. The quantitative estimate of drug-likeness (QED) is 0.313. The van der Waals surface area contributed by atoms with Crippen molar-refractivity contribution in [3.05, 3.63) is 61.7 Å². The number of rotatable bonds is 5. The molecule has 31 heavy (non-hydrogen) atoms. The first-order valence-electron chi connectivity index (χ1n) is 9.25. The predicted molar refractivity (Wildman–Crippen MR) is 117 cm³/mol. The van der Waals surface area contributed by atoms with Crippen molar-refractivity contribution in [1.29, 1.82) is 0 Å². The van der Waals surface area contributed by atoms with Crippen LogP contribution in [0.1, 0.15) is 12.6 Å². The first-order valence-corrected chi connectivity index (χ1v) is 10.0. The highest BCUT2D eigenvalue weighted by molar-refractivity contribution is 9.10. The van der Waals surface area contributed by atoms with E-state index < -0.39 is 11.2 Å². The maximum Gasteiger partial charge on any atom is 0.332 e. The van der Waals surface area contributed by atoms with Crippen LogP contribution in [0.5, 0.6) is 5.75 Å². The standard InChI is InChI=1S/C20H18BrN7O3/c1-4-5-10-26-16-17(22-19(26)21)25(2)20(30)27(18(16)29)11-13-12-28(24-23-13)14-6-8-15(31-3)9-7-14/h6-9,12H,10-11H2,1-3H3. The molecule has 0 N–H and O–H groups in total. The molecule has 0 spiro atoms. The zero-order chi connectivity index (χ0) is 22.1. The minimum atomic E-state index is -0.491. The summed E-state index contributed by atoms with van der Waals surface area (Å²) < 4.78 is 11.3. The fourth-order valence-corrected chi connectivity index (χ4v) is 3.65. The molecule has 0 unspecified atom stereocenters. The lowest BCUT2D eigenvalue weighted by Gasteiger charge is -2.07. The zero-order valence-corrected chi connectivity index (χ0v) is 18.6. The number of fused-ring (bicyclic) bond motifs is 1. The molecule has 0 aliphatic rings. The van der Waals surface area contributed by atoms with E-state index in [0.717, 1.165) is 16.0 Å². The van der Waals surface area contributed by atoms with Crippen LogP contribution in [0.4, 0.5) is 0 Å². The van der Waals surface area contributed by atoms with Crippen molar-refractivity contribution in [1.82, 2.24) is 33.7 Å². The summed E-state index contributed by atoms with van der Waals surface area (Å²) in [5.74, 6) is 6.44. The average molecular weight is 484 g/mol. The minimum Gasteiger partial charge on any atom is -0.497 e. The predicted octanol–water partition coefficient (Wildman–Crippen LogP) is 1.32. The van der Waals surface area contributed by atoms with Gasteiger partial charge in [-0.25, -0.2) is 14.5 Å². The molecule has 0 fully saturated rings. The lowest BCUT2D eigenvalue weighted by atomic mass is 10.3. The highest BCUT2D eigenvalue weighted by Gasteiger charge is 2.19. The van der Waals surface area contributed by atoms with Gasteiger partial charge in [-0.05, 0) is 47.1 Å². The molecule has 0 saturated carbocycles. The van der Waals surface area contributed by atoms with Crippen LogP contribution in [0, 0.1) is 11.8 Å². The number of nitrogens with zero attached hydrogens (tertiary/aromatic N) is 7. The van der Waals surface area contributed by atoms with Crippen molar-refractivity contribution in [2.24, 2.45) is 7.05 Å². The number of hydrogen-bond acceptors (Lipinski definition) is 6. The number of aromatic nitrogens is 7. The molecule has 0 aliphatic carbocycles. The van der Waals surface area contributed by atoms with Crippen molar-refractivity contribution in [2.45, 2.75) is 20.0 Å². The number of halogens is 1. The van der Waals surface area contributed by atoms with Gasteiger partial charge in [0.15, 0.2) is 15.9 Å². The number of hydrogen-bond donors (Lipinski definition) is 0. The molecule has 4 rings (SSSR count). The Balaban J connectivity index is 1.76. The molecule has 3 heterocycles. The summed E-state index contributed by atoms with van der Waals surface area (Å²) in [5.41, 5.74) is 0.865. The SMILES string of the molecule is CC#CCn1c(Br)nc2c1c(=O)n(Cc1cn(-c3ccc(OC)cc3)nn1)c(=O)n2C. The second-order valence-corrected chi connectivity index (χ2v) is 7.36. The molecular weight excluding hydrogens is 466 g/mol. The third-order valence-corrected chi connectivity index (χ3v) is 5.40. The third kappa shape index (κ3) is 3.66. The van der Waals surface area contributed by atoms with Crippen LogP contribution >= 0.6 is 15.9 Å². The van der Waals surface area contributed by atoms with E-state index in [9.17, 15) is 9.59 Å². The van der Waals surface area contributed by atoms with Gasteiger partial charge in [-0.3, -0.25) is 13.9 Å². The number of aryl methyl sites for hydroxylation is 1. The largest absolute Gasteiger partial charge is 0.497 e. The number of benzene rings is 1. The Bertz CT molecular complexity index is 1450. The van der Waals surface area contributed by atoms with Gasteiger partial charge in [0.1, 0.15) is 11.4 Å². The number of ether oxygens (including phenoxy) is 1. The molecule has 0 saturated heterocycles. The Morgan fingerprint density at radius 2 is 1.90 bits per heavy atom. The first kappa shape index (κ1) is 20.6. The van der Waals surface area contributed by atoms with Crippen molar-refractivity contribution in [3.8, 4) is 23.3 Å². The van der Waals surface area contributed by atoms with E-state index in [0.29, 0.717) is 15.9 Å². The molecule has 4 aromatic rings. The molecule has 10 nitrogen and oxygen atoms in total. The molecule has 3 aromatic heterocycles. The monoisotopic (exact) mass is 483 g/mol. The molecule has 0 radical (unpaired) electrons. The molecule has 11 heteroatoms. The Labute approximate surface area is 184 Å². The van der Waals surface area contributed by atoms with Crippen LogP contribution in [0.25, 0.3) is 16.9 Å². The first-order chi connectivity index (χ1) is 14.9. The minimum absolute atomic E-state index is 0.0279. The fourth-order valence-electron chi connectivity index (χ4n) is 3.18. The van der Waals surface area contributed by atoms with E-state index in [4.69, 9.17) is 4.74 Å². The van der Waals surface area contributed by atoms with E-state index in [1.54, 1.807) is 36.5 Å². The van der Waals surface area contributed by atoms with Gasteiger partial charge in [0.2, 0.25) is 0 Å². The van der Waals surface area contributed by atoms with E-state index >= 15 is 0 Å². The van der Waals surface area contributed by atoms with E-state index in [-0.39, 0.29) is 18.7 Å². The van der Waals surface area contributed by atoms with Crippen molar-refractivity contribution in [3.63, 3.8) is 0 Å². The van der Waals surface area contributed by atoms with Crippen molar-refractivity contribution < 1.29 is 4.74 Å². The lowest BCUT2D eigenvalue weighted by molar-refractivity contribution is 0.414. The van der Waals surface area contributed by atoms with Gasteiger partial charge >= 0.3 is 5.69 Å². The van der Waals surface area contributed by atoms with Gasteiger partial charge in [0.25, 0.3) is 5.56 Å². The van der Waals surface area contributed by atoms with E-state index in [1.165, 1.54) is 4.57 Å². The van der Waals surface area contributed by atoms with E-state index in [1.807, 2.05) is 24.3 Å². The molecule has 0 amide bonds. The highest BCUT2D eigenvalue weighted by Crippen LogP contribution is 2.16. The molecule has 0 aliphatic heterocycles. The fraction of sp³-hybridized carbons (Fsp3) is 0.250. The molecule has 0 bridgehead atoms. The number of imidazole rings is 1. The van der Waals surface area contributed by atoms with Gasteiger partial charge in [-0.2, -0.15) is 0 Å². The normalized spacial score (nSPS) is 10.8. The van der Waals surface area contributed by atoms with Crippen LogP contribution in [0.3, 0.4) is 0 Å². The Hall–Kier alpha value is -3.65. The van der Waals surface area contributed by atoms with Gasteiger partial charge in [-0.1, -0.05) is 11.1 Å². The Kier molecular flexibility index (Phi) is 5.48. The summed E-state index contributed by atoms with van der Waals surface area (Å²) in [6.07, 6.45) is 1.67. The summed E-state index contributed by atoms with van der Waals surface area (Å²) in [6, 6.07) is 7.28. The second-order valence-electron chi connectivity index (χ2n) is 6.65. The zero-order valence-electron chi connectivity index (χ0n) is 17.0. The third-order valence-electron chi connectivity index (χ3n) is 4.80. The van der Waals surface area contributed by atoms with Crippen molar-refractivity contribution in [2.75, 3.05) is 7.11 Å². The molecule has 158 valence electrons. The topological polar surface area (TPSA) is 102 Å². The summed E-state index contributed by atoms with van der Waals surface area (Å²) >= 11 is 3.35. The van der Waals surface area contributed by atoms with Crippen LogP contribution < -0.4 is 16.0 Å². The molecular formula is C20H18BrN7O3. The Morgan fingerprint density at radius 1 is 1.16 bits per heavy atom. The van der Waals surface area contributed by atoms with E-state index in [2.05, 4.69) is 43.1 Å². The van der Waals surface area contributed by atoms with Crippen LogP contribution in [0.15, 0.2) is 44.8 Å². The maximum absolute atomic E-state index is 13.2. The summed E-state index contributed by atoms with van der Waals surface area (Å²) in [5, 5.41) is 8.22. The smallest absolute Gasteiger partial charge is 0.332 e. The number of methoxy groups -OCH3 is 1. The van der Waals surface area contributed by atoms with Gasteiger partial charge < -0.3 is 9.30 Å². The average Bonchev–Trinajstić information content (AvgIpc) is 3.38. The molecule has 1 aromatic carbocycles. The highest BCUT2D eigenvalue weighted by atomic mass is 79.9. The van der Waals surface area contributed by atoms with Crippen LogP contribution in [-0.4, -0.2) is 40.8 Å². The summed E-state index contributed by atoms with van der Waals surface area (Å²) in [7, 11) is 3.17. The second kappa shape index (κ2) is 8.23. The maximum atomic E-state index is 13.2. The van der Waals surface area contributed by atoms with Crippen LogP contribution in [0.2, 0.25) is 0 Å². The van der Waals surface area contributed by atoms with Gasteiger partial charge in [0.05, 0.1) is 32.1 Å². The Morgan fingerprint density at radius 3 is 2.58 bits per heavy atom. The van der Waals surface area contributed by atoms with Crippen molar-refractivity contribution >= 4 is 27.1 Å². The van der Waals surface area contributed by atoms with Gasteiger partial charge in [-0.15, -0.1) is 11.0 Å². The summed E-state index contributed by atoms with van der Waals surface area (Å²) in [6.45, 7) is 1.96. The lowest BCUT2D eigenvalue weighted by Crippen LogP contribution is -2.40. The van der Waals surface area contributed by atoms with Gasteiger partial charge in [0, 0.05) is 7.05 Å². The summed E-state index contributed by atoms with van der Waals surface area (Å²) in [4.78, 5) is 30.4. The van der Waals surface area contributed by atoms with Crippen LogP contribution in [-0.2, 0) is 20.1 Å².